The molecule has 16 heavy (non-hydrogen) atoms. The van der Waals surface area contributed by atoms with E-state index in [1.807, 2.05) is 6.92 Å². The Morgan fingerprint density at radius 1 is 1.44 bits per heavy atom. The molecule has 92 valence electrons. The van der Waals surface area contributed by atoms with Crippen LogP contribution in [0.25, 0.3) is 0 Å². The number of rotatable bonds is 2. The van der Waals surface area contributed by atoms with Gasteiger partial charge in [-0.2, -0.15) is 4.31 Å². The molecule has 2 fully saturated rings. The van der Waals surface area contributed by atoms with Crippen LogP contribution in [0.4, 0.5) is 0 Å². The fourth-order valence-corrected chi connectivity index (χ4v) is 5.59. The van der Waals surface area contributed by atoms with E-state index in [0.717, 1.165) is 25.7 Å². The molecule has 0 aromatic carbocycles. The maximum absolute atomic E-state index is 12.1. The van der Waals surface area contributed by atoms with E-state index in [9.17, 15) is 8.42 Å². The third-order valence-corrected chi connectivity index (χ3v) is 6.22. The first-order valence-electron chi connectivity index (χ1n) is 5.69. The van der Waals surface area contributed by atoms with E-state index in [1.54, 1.807) is 4.31 Å². The molecule has 0 aromatic heterocycles. The molecule has 1 aliphatic heterocycles. The minimum atomic E-state index is -3.16. The van der Waals surface area contributed by atoms with Gasteiger partial charge in [-0.1, -0.05) is 32.0 Å². The fourth-order valence-electron chi connectivity index (χ4n) is 2.92. The molecule has 0 spiro atoms. The first kappa shape index (κ1) is 12.3. The van der Waals surface area contributed by atoms with Crippen molar-refractivity contribution in [2.24, 2.45) is 11.7 Å². The van der Waals surface area contributed by atoms with Gasteiger partial charge in [0.2, 0.25) is 10.0 Å². The molecule has 2 N–H and O–H groups in total. The lowest BCUT2D eigenvalue weighted by Crippen LogP contribution is -2.55. The molecule has 0 bridgehead atoms. The highest BCUT2D eigenvalue weighted by molar-refractivity contribution is 7.89. The van der Waals surface area contributed by atoms with Crippen molar-refractivity contribution in [3.63, 3.8) is 0 Å². The van der Waals surface area contributed by atoms with E-state index in [2.05, 4.69) is 0 Å². The summed E-state index contributed by atoms with van der Waals surface area (Å²) in [4.78, 5) is 0.350. The Labute approximate surface area is 102 Å². The van der Waals surface area contributed by atoms with E-state index >= 15 is 0 Å². The fraction of sp³-hybridized carbons (Fsp3) is 0.900. The van der Waals surface area contributed by atoms with Crippen molar-refractivity contribution in [3.8, 4) is 0 Å². The molecule has 6 heteroatoms. The smallest absolute Gasteiger partial charge is 0.215 e. The van der Waals surface area contributed by atoms with E-state index in [0.29, 0.717) is 11.5 Å². The molecule has 1 atom stereocenters. The molecule has 1 aliphatic carbocycles. The second kappa shape index (κ2) is 3.92. The summed E-state index contributed by atoms with van der Waals surface area (Å²) in [7, 11) is -3.16. The van der Waals surface area contributed by atoms with Crippen LogP contribution in [0.2, 0.25) is 0 Å². The maximum Gasteiger partial charge on any atom is 0.215 e. The van der Waals surface area contributed by atoms with Crippen LogP contribution in [0.5, 0.6) is 0 Å². The molecule has 2 aliphatic rings. The lowest BCUT2D eigenvalue weighted by Gasteiger charge is -2.36. The Bertz CT molecular complexity index is 399. The van der Waals surface area contributed by atoms with Crippen molar-refractivity contribution in [2.75, 3.05) is 12.3 Å². The second-order valence-corrected chi connectivity index (χ2v) is 7.40. The molecule has 0 radical (unpaired) electrons. The average molecular weight is 262 g/mol. The van der Waals surface area contributed by atoms with E-state index in [-0.39, 0.29) is 11.7 Å². The first-order chi connectivity index (χ1) is 7.38. The normalized spacial score (nSPS) is 32.9. The van der Waals surface area contributed by atoms with Crippen molar-refractivity contribution in [1.82, 2.24) is 4.31 Å². The van der Waals surface area contributed by atoms with Crippen LogP contribution in [0.15, 0.2) is 0 Å². The van der Waals surface area contributed by atoms with Gasteiger partial charge in [0, 0.05) is 6.54 Å². The summed E-state index contributed by atoms with van der Waals surface area (Å²) >= 11 is 5.12. The molecule has 1 saturated carbocycles. The Kier molecular flexibility index (Phi) is 3.01. The predicted octanol–water partition coefficient (Wildman–Crippen LogP) is 0.867. The zero-order chi connectivity index (χ0) is 12.0. The number of nitrogens with zero attached hydrogens (tertiary/aromatic N) is 1. The number of hydrogen-bond donors (Lipinski definition) is 1. The Hall–Kier alpha value is -0.200. The maximum atomic E-state index is 12.1. The molecule has 2 rings (SSSR count). The summed E-state index contributed by atoms with van der Waals surface area (Å²) in [6.45, 7) is 2.53. The first-order valence-corrected chi connectivity index (χ1v) is 7.71. The number of hydrogen-bond acceptors (Lipinski definition) is 3. The van der Waals surface area contributed by atoms with Gasteiger partial charge in [0.15, 0.2) is 0 Å². The Morgan fingerprint density at radius 2 is 2.00 bits per heavy atom. The third-order valence-electron chi connectivity index (χ3n) is 3.68. The van der Waals surface area contributed by atoms with Crippen molar-refractivity contribution < 1.29 is 8.42 Å². The molecular weight excluding hydrogens is 244 g/mol. The van der Waals surface area contributed by atoms with Gasteiger partial charge in [-0.05, 0) is 18.8 Å². The van der Waals surface area contributed by atoms with E-state index < -0.39 is 15.6 Å². The van der Waals surface area contributed by atoms with Gasteiger partial charge in [0.05, 0.1) is 16.3 Å². The molecule has 1 saturated heterocycles. The Balaban J connectivity index is 2.38. The average Bonchev–Trinajstić information content (AvgIpc) is 2.70. The van der Waals surface area contributed by atoms with Gasteiger partial charge in [-0.3, -0.25) is 0 Å². The van der Waals surface area contributed by atoms with Crippen LogP contribution in [0.1, 0.15) is 32.6 Å². The Morgan fingerprint density at radius 3 is 2.38 bits per heavy atom. The van der Waals surface area contributed by atoms with Gasteiger partial charge in [0.1, 0.15) is 0 Å². The molecular formula is C10H18N2O2S2. The highest BCUT2D eigenvalue weighted by Gasteiger charge is 2.51. The summed E-state index contributed by atoms with van der Waals surface area (Å²) in [5, 5.41) is 0. The van der Waals surface area contributed by atoms with Crippen molar-refractivity contribution >= 4 is 27.2 Å². The summed E-state index contributed by atoms with van der Waals surface area (Å²) in [6.07, 6.45) is 3.60. The minimum absolute atomic E-state index is 0.178. The zero-order valence-corrected chi connectivity index (χ0v) is 11.1. The van der Waals surface area contributed by atoms with Crippen molar-refractivity contribution in [3.05, 3.63) is 0 Å². The number of sulfonamides is 1. The van der Waals surface area contributed by atoms with Gasteiger partial charge >= 0.3 is 0 Å². The van der Waals surface area contributed by atoms with Crippen LogP contribution in [-0.4, -0.2) is 35.5 Å². The van der Waals surface area contributed by atoms with Gasteiger partial charge in [-0.25, -0.2) is 8.42 Å². The minimum Gasteiger partial charge on any atom is -0.392 e. The number of thiocarbonyl (C=S) groups is 1. The van der Waals surface area contributed by atoms with E-state index in [1.165, 1.54) is 0 Å². The molecule has 1 unspecified atom stereocenters. The summed E-state index contributed by atoms with van der Waals surface area (Å²) in [6, 6.07) is 0. The lowest BCUT2D eigenvalue weighted by atomic mass is 9.97. The summed E-state index contributed by atoms with van der Waals surface area (Å²) in [5.74, 6) is 0.411. The van der Waals surface area contributed by atoms with Crippen LogP contribution < -0.4 is 5.73 Å². The molecule has 1 heterocycles. The van der Waals surface area contributed by atoms with Crippen LogP contribution in [-0.2, 0) is 10.0 Å². The van der Waals surface area contributed by atoms with Crippen molar-refractivity contribution in [2.45, 2.75) is 38.1 Å². The highest BCUT2D eigenvalue weighted by atomic mass is 32.2. The largest absolute Gasteiger partial charge is 0.392 e. The number of nitrogens with two attached hydrogens (primary N) is 1. The topological polar surface area (TPSA) is 63.4 Å². The second-order valence-electron chi connectivity index (χ2n) is 5.02. The van der Waals surface area contributed by atoms with Crippen molar-refractivity contribution in [1.29, 1.82) is 0 Å². The third kappa shape index (κ3) is 1.76. The lowest BCUT2D eigenvalue weighted by molar-refractivity contribution is 0.269. The quantitative estimate of drug-likeness (QED) is 0.750. The van der Waals surface area contributed by atoms with Gasteiger partial charge in [-0.15, -0.1) is 0 Å². The van der Waals surface area contributed by atoms with Gasteiger partial charge in [0.25, 0.3) is 0 Å². The van der Waals surface area contributed by atoms with Crippen LogP contribution in [0, 0.1) is 5.92 Å². The SMILES string of the molecule is CC1CN(C2(C(N)=S)CCCC2)S(=O)(=O)C1. The molecule has 0 aromatic rings. The zero-order valence-electron chi connectivity index (χ0n) is 9.48. The highest BCUT2D eigenvalue weighted by Crippen LogP contribution is 2.40. The summed E-state index contributed by atoms with van der Waals surface area (Å²) < 4.78 is 25.7. The predicted molar refractivity (Wildman–Crippen MR) is 67.6 cm³/mol. The monoisotopic (exact) mass is 262 g/mol. The van der Waals surface area contributed by atoms with Gasteiger partial charge < -0.3 is 5.73 Å². The molecule has 0 amide bonds. The van der Waals surface area contributed by atoms with Crippen LogP contribution in [0.3, 0.4) is 0 Å². The van der Waals surface area contributed by atoms with E-state index in [4.69, 9.17) is 18.0 Å². The van der Waals surface area contributed by atoms with Crippen LogP contribution >= 0.6 is 12.2 Å². The summed E-state index contributed by atoms with van der Waals surface area (Å²) in [5.41, 5.74) is 5.25. The molecule has 4 nitrogen and oxygen atoms in total. The standard InChI is InChI=1S/C10H18N2O2S2/c1-8-6-12(16(13,14)7-8)10(9(11)15)4-2-3-5-10/h8H,2-7H2,1H3,(H2,11,15).